The highest BCUT2D eigenvalue weighted by molar-refractivity contribution is 9.10. The predicted molar refractivity (Wildman–Crippen MR) is 98.5 cm³/mol. The normalized spacial score (nSPS) is 11.6. The van der Waals surface area contributed by atoms with Crippen molar-refractivity contribution in [3.8, 4) is 0 Å². The molecule has 0 atom stereocenters. The minimum Gasteiger partial charge on any atom is -0.325 e. The fourth-order valence-electron chi connectivity index (χ4n) is 2.71. The van der Waals surface area contributed by atoms with Crippen LogP contribution in [-0.2, 0) is 24.4 Å². The molecule has 2 aromatic carbocycles. The van der Waals surface area contributed by atoms with Crippen LogP contribution < -0.4 is 10.9 Å². The molecule has 0 unspecified atom stereocenters. The molecule has 0 aliphatic heterocycles. The molecular formula is C18H13BrF3N3O2. The maximum Gasteiger partial charge on any atom is 0.418 e. The van der Waals surface area contributed by atoms with Gasteiger partial charge in [0.1, 0.15) is 0 Å². The minimum atomic E-state index is -4.62. The summed E-state index contributed by atoms with van der Waals surface area (Å²) >= 11 is 3.00. The van der Waals surface area contributed by atoms with Gasteiger partial charge in [0.05, 0.1) is 28.8 Å². The van der Waals surface area contributed by atoms with Gasteiger partial charge in [-0.15, -0.1) is 0 Å². The fourth-order valence-corrected chi connectivity index (χ4v) is 3.07. The lowest BCUT2D eigenvalue weighted by atomic mass is 10.1. The first-order valence-corrected chi connectivity index (χ1v) is 8.57. The van der Waals surface area contributed by atoms with Gasteiger partial charge in [-0.25, -0.2) is 4.68 Å². The summed E-state index contributed by atoms with van der Waals surface area (Å²) in [6.45, 7) is 0. The number of carbonyl (C=O) groups is 1. The van der Waals surface area contributed by atoms with E-state index in [0.717, 1.165) is 10.7 Å². The van der Waals surface area contributed by atoms with E-state index in [-0.39, 0.29) is 22.1 Å². The van der Waals surface area contributed by atoms with Gasteiger partial charge in [-0.3, -0.25) is 9.59 Å². The Morgan fingerprint density at radius 1 is 1.19 bits per heavy atom. The molecule has 0 aliphatic carbocycles. The Labute approximate surface area is 159 Å². The molecule has 27 heavy (non-hydrogen) atoms. The molecule has 0 radical (unpaired) electrons. The zero-order valence-electron chi connectivity index (χ0n) is 14.0. The van der Waals surface area contributed by atoms with E-state index in [1.807, 2.05) is 0 Å². The second-order valence-electron chi connectivity index (χ2n) is 5.83. The molecule has 5 nitrogen and oxygen atoms in total. The minimum absolute atomic E-state index is 0.249. The molecule has 1 heterocycles. The number of alkyl halides is 3. The Balaban J connectivity index is 1.94. The highest BCUT2D eigenvalue weighted by Crippen LogP contribution is 2.36. The number of anilines is 1. The van der Waals surface area contributed by atoms with Crippen molar-refractivity contribution >= 4 is 38.3 Å². The lowest BCUT2D eigenvalue weighted by molar-refractivity contribution is -0.137. The monoisotopic (exact) mass is 439 g/mol. The first kappa shape index (κ1) is 19.1. The van der Waals surface area contributed by atoms with Gasteiger partial charge < -0.3 is 5.32 Å². The molecular weight excluding hydrogens is 427 g/mol. The van der Waals surface area contributed by atoms with Crippen LogP contribution in [0.3, 0.4) is 0 Å². The van der Waals surface area contributed by atoms with Crippen molar-refractivity contribution in [3.63, 3.8) is 0 Å². The summed E-state index contributed by atoms with van der Waals surface area (Å²) in [5.41, 5.74) is -1.31. The fraction of sp³-hybridized carbons (Fsp3) is 0.167. The van der Waals surface area contributed by atoms with Crippen molar-refractivity contribution in [3.05, 3.63) is 68.5 Å². The number of benzene rings is 2. The van der Waals surface area contributed by atoms with Crippen LogP contribution in [-0.4, -0.2) is 15.7 Å². The second kappa shape index (κ2) is 7.15. The van der Waals surface area contributed by atoms with Crippen molar-refractivity contribution < 1.29 is 18.0 Å². The third-order valence-electron chi connectivity index (χ3n) is 3.92. The van der Waals surface area contributed by atoms with Gasteiger partial charge in [0.15, 0.2) is 0 Å². The number of halogens is 4. The third kappa shape index (κ3) is 4.02. The molecule has 0 saturated carbocycles. The van der Waals surface area contributed by atoms with Crippen molar-refractivity contribution in [2.24, 2.45) is 7.05 Å². The van der Waals surface area contributed by atoms with Crippen molar-refractivity contribution in [1.82, 2.24) is 9.78 Å². The Kier molecular flexibility index (Phi) is 5.05. The van der Waals surface area contributed by atoms with Gasteiger partial charge in [0.25, 0.3) is 5.56 Å². The summed E-state index contributed by atoms with van der Waals surface area (Å²) in [5.74, 6) is -0.667. The Hall–Kier alpha value is -2.68. The van der Waals surface area contributed by atoms with E-state index < -0.39 is 17.6 Å². The molecule has 3 aromatic rings. The van der Waals surface area contributed by atoms with Gasteiger partial charge in [0, 0.05) is 16.9 Å². The number of hydrogen-bond acceptors (Lipinski definition) is 3. The van der Waals surface area contributed by atoms with Gasteiger partial charge in [-0.1, -0.05) is 34.1 Å². The molecule has 9 heteroatoms. The van der Waals surface area contributed by atoms with Crippen LogP contribution in [0.2, 0.25) is 0 Å². The summed E-state index contributed by atoms with van der Waals surface area (Å²) in [6, 6.07) is 10.1. The molecule has 0 spiro atoms. The van der Waals surface area contributed by atoms with Gasteiger partial charge in [-0.2, -0.15) is 18.3 Å². The number of amides is 1. The number of fused-ring (bicyclic) bond motifs is 1. The average molecular weight is 440 g/mol. The number of carbonyl (C=O) groups excluding carboxylic acids is 1. The zero-order valence-corrected chi connectivity index (χ0v) is 15.6. The number of hydrogen-bond donors (Lipinski definition) is 1. The Morgan fingerprint density at radius 2 is 1.85 bits per heavy atom. The van der Waals surface area contributed by atoms with E-state index in [4.69, 9.17) is 0 Å². The SMILES string of the molecule is Cn1nc(CC(=O)Nc2ccc(Br)cc2C(F)(F)F)c2ccccc2c1=O. The van der Waals surface area contributed by atoms with E-state index in [1.54, 1.807) is 24.3 Å². The molecule has 140 valence electrons. The smallest absolute Gasteiger partial charge is 0.325 e. The number of nitrogens with one attached hydrogen (secondary N) is 1. The van der Waals surface area contributed by atoms with Crippen LogP contribution in [0.25, 0.3) is 10.8 Å². The largest absolute Gasteiger partial charge is 0.418 e. The van der Waals surface area contributed by atoms with Crippen LogP contribution in [0.5, 0.6) is 0 Å². The third-order valence-corrected chi connectivity index (χ3v) is 4.42. The molecule has 0 aliphatic rings. The molecule has 1 amide bonds. The first-order chi connectivity index (χ1) is 12.7. The molecule has 1 N–H and O–H groups in total. The zero-order chi connectivity index (χ0) is 19.8. The second-order valence-corrected chi connectivity index (χ2v) is 6.75. The van der Waals surface area contributed by atoms with Crippen LogP contribution in [0.1, 0.15) is 11.3 Å². The Bertz CT molecular complexity index is 1090. The Morgan fingerprint density at radius 3 is 2.52 bits per heavy atom. The van der Waals surface area contributed by atoms with E-state index >= 15 is 0 Å². The van der Waals surface area contributed by atoms with Crippen LogP contribution in [0.15, 0.2) is 51.7 Å². The quantitative estimate of drug-likeness (QED) is 0.672. The van der Waals surface area contributed by atoms with E-state index in [1.165, 1.54) is 19.2 Å². The standard InChI is InChI=1S/C18H13BrF3N3O2/c1-25-17(27)12-5-3-2-4-11(12)15(24-25)9-16(26)23-14-7-6-10(19)8-13(14)18(20,21)22/h2-8H,9H2,1H3,(H,23,26). The summed E-state index contributed by atoms with van der Waals surface area (Å²) in [5, 5.41) is 7.24. The van der Waals surface area contributed by atoms with Crippen LogP contribution in [0.4, 0.5) is 18.9 Å². The predicted octanol–water partition coefficient (Wildman–Crippen LogP) is 3.90. The molecule has 0 saturated heterocycles. The van der Waals surface area contributed by atoms with E-state index in [9.17, 15) is 22.8 Å². The number of aromatic nitrogens is 2. The highest BCUT2D eigenvalue weighted by Gasteiger charge is 2.34. The number of nitrogens with zero attached hydrogens (tertiary/aromatic N) is 2. The van der Waals surface area contributed by atoms with Crippen molar-refractivity contribution in [2.45, 2.75) is 12.6 Å². The van der Waals surface area contributed by atoms with Gasteiger partial charge >= 0.3 is 6.18 Å². The summed E-state index contributed by atoms with van der Waals surface area (Å²) < 4.78 is 40.9. The number of aryl methyl sites for hydroxylation is 1. The van der Waals surface area contributed by atoms with Gasteiger partial charge in [-0.05, 0) is 24.3 Å². The van der Waals surface area contributed by atoms with E-state index in [2.05, 4.69) is 26.3 Å². The van der Waals surface area contributed by atoms with Gasteiger partial charge in [0.2, 0.25) is 5.91 Å². The lowest BCUT2D eigenvalue weighted by Crippen LogP contribution is -2.24. The maximum atomic E-state index is 13.2. The van der Waals surface area contributed by atoms with E-state index in [0.29, 0.717) is 16.5 Å². The van der Waals surface area contributed by atoms with Crippen molar-refractivity contribution in [2.75, 3.05) is 5.32 Å². The molecule has 0 fully saturated rings. The van der Waals surface area contributed by atoms with Crippen molar-refractivity contribution in [1.29, 1.82) is 0 Å². The summed E-state index contributed by atoms with van der Waals surface area (Å²) in [7, 11) is 1.45. The first-order valence-electron chi connectivity index (χ1n) is 7.78. The highest BCUT2D eigenvalue weighted by atomic mass is 79.9. The lowest BCUT2D eigenvalue weighted by Gasteiger charge is -2.14. The molecule has 3 rings (SSSR count). The summed E-state index contributed by atoms with van der Waals surface area (Å²) in [4.78, 5) is 24.5. The summed E-state index contributed by atoms with van der Waals surface area (Å²) in [6.07, 6.45) is -4.89. The average Bonchev–Trinajstić information content (AvgIpc) is 2.60. The van der Waals surface area contributed by atoms with Crippen LogP contribution >= 0.6 is 15.9 Å². The maximum absolute atomic E-state index is 13.2. The number of rotatable bonds is 3. The molecule has 0 bridgehead atoms. The van der Waals surface area contributed by atoms with Crippen LogP contribution in [0, 0.1) is 0 Å². The topological polar surface area (TPSA) is 64.0 Å². The molecule has 1 aromatic heterocycles.